The number of hydrogen-bond acceptors (Lipinski definition) is 2. The van der Waals surface area contributed by atoms with Crippen molar-refractivity contribution in [3.63, 3.8) is 0 Å². The van der Waals surface area contributed by atoms with Crippen LogP contribution in [0.15, 0.2) is 49.1 Å². The highest BCUT2D eigenvalue weighted by molar-refractivity contribution is 5.14. The predicted octanol–water partition coefficient (Wildman–Crippen LogP) is 3.27. The quantitative estimate of drug-likeness (QED) is 0.806. The first-order valence-corrected chi connectivity index (χ1v) is 7.99. The van der Waals surface area contributed by atoms with Crippen molar-refractivity contribution in [2.45, 2.75) is 45.2 Å². The molecule has 1 heterocycles. The Bertz CT molecular complexity index is 529. The van der Waals surface area contributed by atoms with E-state index >= 15 is 0 Å². The van der Waals surface area contributed by atoms with Gasteiger partial charge in [0.05, 0.1) is 6.33 Å². The summed E-state index contributed by atoms with van der Waals surface area (Å²) in [5.74, 6) is 0. The van der Waals surface area contributed by atoms with Crippen LogP contribution in [0.3, 0.4) is 0 Å². The van der Waals surface area contributed by atoms with Crippen LogP contribution < -0.4 is 5.32 Å². The van der Waals surface area contributed by atoms with E-state index in [9.17, 15) is 0 Å². The van der Waals surface area contributed by atoms with E-state index in [0.717, 1.165) is 19.5 Å². The van der Waals surface area contributed by atoms with Crippen molar-refractivity contribution < 1.29 is 0 Å². The van der Waals surface area contributed by atoms with Crippen LogP contribution in [0.4, 0.5) is 0 Å². The van der Waals surface area contributed by atoms with Gasteiger partial charge in [-0.25, -0.2) is 4.98 Å². The standard InChI is InChI=1S/C18H25N3/c1-16(7-8-17-5-3-2-4-6-17)20-13-18(9-10-18)14-21-12-11-19-15-21/h2-6,11-12,15-16,20H,7-10,13-14H2,1H3. The van der Waals surface area contributed by atoms with E-state index in [0.29, 0.717) is 11.5 Å². The number of aromatic nitrogens is 2. The molecule has 21 heavy (non-hydrogen) atoms. The first-order valence-electron chi connectivity index (χ1n) is 7.99. The van der Waals surface area contributed by atoms with Gasteiger partial charge >= 0.3 is 0 Å². The summed E-state index contributed by atoms with van der Waals surface area (Å²) >= 11 is 0. The van der Waals surface area contributed by atoms with Crippen LogP contribution in [0.5, 0.6) is 0 Å². The van der Waals surface area contributed by atoms with Gasteiger partial charge in [-0.2, -0.15) is 0 Å². The molecule has 0 radical (unpaired) electrons. The average Bonchev–Trinajstić information content (AvgIpc) is 3.08. The molecule has 3 nitrogen and oxygen atoms in total. The van der Waals surface area contributed by atoms with Crippen LogP contribution >= 0.6 is 0 Å². The van der Waals surface area contributed by atoms with E-state index in [1.54, 1.807) is 0 Å². The van der Waals surface area contributed by atoms with Crippen molar-refractivity contribution >= 4 is 0 Å². The van der Waals surface area contributed by atoms with Gasteiger partial charge in [0.15, 0.2) is 0 Å². The Balaban J connectivity index is 1.40. The number of nitrogens with one attached hydrogen (secondary N) is 1. The topological polar surface area (TPSA) is 29.9 Å². The Hall–Kier alpha value is -1.61. The van der Waals surface area contributed by atoms with E-state index < -0.39 is 0 Å². The highest BCUT2D eigenvalue weighted by Gasteiger charge is 2.42. The molecule has 1 saturated carbocycles. The van der Waals surface area contributed by atoms with Crippen molar-refractivity contribution in [1.82, 2.24) is 14.9 Å². The summed E-state index contributed by atoms with van der Waals surface area (Å²) in [6.07, 6.45) is 10.9. The van der Waals surface area contributed by atoms with E-state index in [1.165, 1.54) is 24.8 Å². The van der Waals surface area contributed by atoms with Crippen molar-refractivity contribution in [2.24, 2.45) is 5.41 Å². The summed E-state index contributed by atoms with van der Waals surface area (Å²) in [5.41, 5.74) is 1.91. The lowest BCUT2D eigenvalue weighted by molar-refractivity contribution is 0.365. The van der Waals surface area contributed by atoms with Crippen LogP contribution in [0.25, 0.3) is 0 Å². The number of nitrogens with zero attached hydrogens (tertiary/aromatic N) is 2. The highest BCUT2D eigenvalue weighted by Crippen LogP contribution is 2.46. The van der Waals surface area contributed by atoms with E-state index in [-0.39, 0.29) is 0 Å². The van der Waals surface area contributed by atoms with Gasteiger partial charge in [-0.3, -0.25) is 0 Å². The fourth-order valence-corrected chi connectivity index (χ4v) is 2.86. The van der Waals surface area contributed by atoms with Crippen molar-refractivity contribution in [3.8, 4) is 0 Å². The number of hydrogen-bond donors (Lipinski definition) is 1. The molecule has 1 atom stereocenters. The van der Waals surface area contributed by atoms with Crippen molar-refractivity contribution in [2.75, 3.05) is 6.54 Å². The summed E-state index contributed by atoms with van der Waals surface area (Å²) in [4.78, 5) is 4.13. The zero-order valence-corrected chi connectivity index (χ0v) is 12.8. The van der Waals surface area contributed by atoms with Gasteiger partial charge in [-0.15, -0.1) is 0 Å². The lowest BCUT2D eigenvalue weighted by Crippen LogP contribution is -2.34. The van der Waals surface area contributed by atoms with Crippen LogP contribution in [0.1, 0.15) is 31.7 Å². The Morgan fingerprint density at radius 1 is 1.29 bits per heavy atom. The molecule has 0 amide bonds. The molecule has 0 aliphatic heterocycles. The van der Waals surface area contributed by atoms with E-state index in [1.807, 2.05) is 12.5 Å². The van der Waals surface area contributed by atoms with Gasteiger partial charge in [-0.1, -0.05) is 30.3 Å². The molecule has 0 spiro atoms. The van der Waals surface area contributed by atoms with E-state index in [2.05, 4.69) is 58.3 Å². The minimum atomic E-state index is 0.474. The third-order valence-corrected chi connectivity index (χ3v) is 4.57. The maximum absolute atomic E-state index is 4.13. The van der Waals surface area contributed by atoms with Gasteiger partial charge in [0.2, 0.25) is 0 Å². The first kappa shape index (κ1) is 14.3. The second kappa shape index (κ2) is 6.44. The van der Waals surface area contributed by atoms with Crippen LogP contribution in [0.2, 0.25) is 0 Å². The molecule has 1 aliphatic rings. The molecule has 112 valence electrons. The molecule has 1 aromatic heterocycles. The van der Waals surface area contributed by atoms with Gasteiger partial charge < -0.3 is 9.88 Å². The van der Waals surface area contributed by atoms with Crippen LogP contribution in [-0.2, 0) is 13.0 Å². The SMILES string of the molecule is CC(CCc1ccccc1)NCC1(Cn2ccnc2)CC1. The lowest BCUT2D eigenvalue weighted by atomic mass is 10.0. The van der Waals surface area contributed by atoms with Gasteiger partial charge in [0.25, 0.3) is 0 Å². The molecule has 1 fully saturated rings. The summed E-state index contributed by atoms with van der Waals surface area (Å²) in [6.45, 7) is 4.53. The number of aryl methyl sites for hydroxylation is 1. The van der Waals surface area contributed by atoms with Gasteiger partial charge in [-0.05, 0) is 38.2 Å². The fraction of sp³-hybridized carbons (Fsp3) is 0.500. The third-order valence-electron chi connectivity index (χ3n) is 4.57. The molecule has 3 rings (SSSR count). The maximum atomic E-state index is 4.13. The average molecular weight is 283 g/mol. The maximum Gasteiger partial charge on any atom is 0.0946 e. The monoisotopic (exact) mass is 283 g/mol. The van der Waals surface area contributed by atoms with Gasteiger partial charge in [0, 0.05) is 36.9 Å². The molecule has 1 unspecified atom stereocenters. The van der Waals surface area contributed by atoms with Crippen LogP contribution in [0, 0.1) is 5.41 Å². The third kappa shape index (κ3) is 4.18. The fourth-order valence-electron chi connectivity index (χ4n) is 2.86. The number of rotatable bonds is 8. The smallest absolute Gasteiger partial charge is 0.0946 e. The van der Waals surface area contributed by atoms with E-state index in [4.69, 9.17) is 0 Å². The molecule has 1 N–H and O–H groups in total. The van der Waals surface area contributed by atoms with Crippen molar-refractivity contribution in [3.05, 3.63) is 54.6 Å². The minimum absolute atomic E-state index is 0.474. The summed E-state index contributed by atoms with van der Waals surface area (Å²) in [5, 5.41) is 3.73. The molecule has 1 aliphatic carbocycles. The molecular formula is C18H25N3. The molecule has 3 heteroatoms. The molecule has 0 bridgehead atoms. The highest BCUT2D eigenvalue weighted by atomic mass is 15.0. The Morgan fingerprint density at radius 3 is 2.76 bits per heavy atom. The Labute approximate surface area is 127 Å². The Kier molecular flexibility index (Phi) is 4.39. The number of benzene rings is 1. The molecule has 0 saturated heterocycles. The second-order valence-electron chi connectivity index (χ2n) is 6.54. The zero-order chi connectivity index (χ0) is 14.5. The Morgan fingerprint density at radius 2 is 2.10 bits per heavy atom. The lowest BCUT2D eigenvalue weighted by Gasteiger charge is -2.20. The second-order valence-corrected chi connectivity index (χ2v) is 6.54. The summed E-state index contributed by atoms with van der Waals surface area (Å²) in [7, 11) is 0. The summed E-state index contributed by atoms with van der Waals surface area (Å²) in [6, 6.07) is 11.3. The summed E-state index contributed by atoms with van der Waals surface area (Å²) < 4.78 is 2.21. The predicted molar refractivity (Wildman–Crippen MR) is 86.1 cm³/mol. The first-order chi connectivity index (χ1) is 10.3. The molecule has 1 aromatic carbocycles. The molecular weight excluding hydrogens is 258 g/mol. The van der Waals surface area contributed by atoms with Crippen LogP contribution in [-0.4, -0.2) is 22.1 Å². The zero-order valence-electron chi connectivity index (χ0n) is 12.8. The molecule has 2 aromatic rings. The normalized spacial score (nSPS) is 17.6. The van der Waals surface area contributed by atoms with Gasteiger partial charge in [0.1, 0.15) is 0 Å². The largest absolute Gasteiger partial charge is 0.337 e. The van der Waals surface area contributed by atoms with Crippen molar-refractivity contribution in [1.29, 1.82) is 0 Å². The number of imidazole rings is 1. The minimum Gasteiger partial charge on any atom is -0.337 e.